The van der Waals surface area contributed by atoms with E-state index in [4.69, 9.17) is 5.73 Å². The number of nitrogens with two attached hydrogens (primary N) is 1. The van der Waals surface area contributed by atoms with Gasteiger partial charge in [0.1, 0.15) is 0 Å². The number of benzene rings is 1. The highest BCUT2D eigenvalue weighted by Gasteiger charge is 2.32. The van der Waals surface area contributed by atoms with E-state index < -0.39 is 21.8 Å². The van der Waals surface area contributed by atoms with Crippen molar-refractivity contribution >= 4 is 21.8 Å². The SMILES string of the molecule is CC(N)c1ccc(S(=O)(=O)N2CC(=O)NC(=O)C2)cc1. The lowest BCUT2D eigenvalue weighted by Crippen LogP contribution is -2.53. The predicted molar refractivity (Wildman–Crippen MR) is 71.0 cm³/mol. The van der Waals surface area contributed by atoms with E-state index in [0.717, 1.165) is 9.87 Å². The molecule has 8 heteroatoms. The van der Waals surface area contributed by atoms with E-state index in [9.17, 15) is 18.0 Å². The number of rotatable bonds is 3. The first-order valence-electron chi connectivity index (χ1n) is 5.99. The molecule has 0 spiro atoms. The van der Waals surface area contributed by atoms with Gasteiger partial charge in [0, 0.05) is 6.04 Å². The zero-order valence-electron chi connectivity index (χ0n) is 10.9. The van der Waals surface area contributed by atoms with Crippen LogP contribution >= 0.6 is 0 Å². The number of piperazine rings is 1. The van der Waals surface area contributed by atoms with Gasteiger partial charge in [-0.1, -0.05) is 12.1 Å². The summed E-state index contributed by atoms with van der Waals surface area (Å²) in [4.78, 5) is 22.5. The Kier molecular flexibility index (Phi) is 3.89. The zero-order chi connectivity index (χ0) is 14.9. The minimum Gasteiger partial charge on any atom is -0.324 e. The Morgan fingerprint density at radius 3 is 2.10 bits per heavy atom. The molecule has 1 atom stereocenters. The fourth-order valence-electron chi connectivity index (χ4n) is 1.87. The maximum Gasteiger partial charge on any atom is 0.244 e. The van der Waals surface area contributed by atoms with Gasteiger partial charge in [-0.3, -0.25) is 14.9 Å². The number of sulfonamides is 1. The molecule has 2 amide bonds. The van der Waals surface area contributed by atoms with Crippen LogP contribution in [0.25, 0.3) is 0 Å². The summed E-state index contributed by atoms with van der Waals surface area (Å²) in [5.74, 6) is -1.26. The second-order valence-corrected chi connectivity index (χ2v) is 6.54. The van der Waals surface area contributed by atoms with Gasteiger partial charge in [0.25, 0.3) is 0 Å². The molecular formula is C12H15N3O4S. The molecule has 1 unspecified atom stereocenters. The van der Waals surface area contributed by atoms with E-state index in [0.29, 0.717) is 0 Å². The van der Waals surface area contributed by atoms with Gasteiger partial charge in [0.15, 0.2) is 0 Å². The first kappa shape index (κ1) is 14.6. The molecule has 1 aliphatic rings. The smallest absolute Gasteiger partial charge is 0.244 e. The summed E-state index contributed by atoms with van der Waals surface area (Å²) in [5.41, 5.74) is 6.50. The lowest BCUT2D eigenvalue weighted by atomic mass is 10.1. The maximum absolute atomic E-state index is 12.3. The molecule has 2 rings (SSSR count). The highest BCUT2D eigenvalue weighted by atomic mass is 32.2. The van der Waals surface area contributed by atoms with Crippen molar-refractivity contribution in [3.63, 3.8) is 0 Å². The fourth-order valence-corrected chi connectivity index (χ4v) is 3.23. The topological polar surface area (TPSA) is 110 Å². The summed E-state index contributed by atoms with van der Waals surface area (Å²) in [7, 11) is -3.86. The molecule has 1 saturated heterocycles. The molecule has 0 aliphatic carbocycles. The van der Waals surface area contributed by atoms with Crippen molar-refractivity contribution in [2.45, 2.75) is 17.9 Å². The molecule has 1 aromatic rings. The van der Waals surface area contributed by atoms with Crippen molar-refractivity contribution < 1.29 is 18.0 Å². The lowest BCUT2D eigenvalue weighted by Gasteiger charge is -2.24. The van der Waals surface area contributed by atoms with Crippen LogP contribution < -0.4 is 11.1 Å². The van der Waals surface area contributed by atoms with Crippen molar-refractivity contribution in [1.82, 2.24) is 9.62 Å². The van der Waals surface area contributed by atoms with E-state index in [-0.39, 0.29) is 24.0 Å². The zero-order valence-corrected chi connectivity index (χ0v) is 11.7. The Morgan fingerprint density at radius 1 is 1.15 bits per heavy atom. The summed E-state index contributed by atoms with van der Waals surface area (Å²) in [6.07, 6.45) is 0. The third kappa shape index (κ3) is 2.87. The van der Waals surface area contributed by atoms with Crippen LogP contribution in [0.15, 0.2) is 29.2 Å². The average Bonchev–Trinajstić information content (AvgIpc) is 2.37. The quantitative estimate of drug-likeness (QED) is 0.721. The Hall–Kier alpha value is -1.77. The number of nitrogens with zero attached hydrogens (tertiary/aromatic N) is 1. The average molecular weight is 297 g/mol. The minimum atomic E-state index is -3.86. The number of nitrogens with one attached hydrogen (secondary N) is 1. The van der Waals surface area contributed by atoms with Crippen LogP contribution in [0, 0.1) is 0 Å². The molecule has 0 radical (unpaired) electrons. The van der Waals surface area contributed by atoms with E-state index in [1.165, 1.54) is 12.1 Å². The molecule has 1 fully saturated rings. The van der Waals surface area contributed by atoms with Gasteiger partial charge in [-0.25, -0.2) is 8.42 Å². The number of imide groups is 1. The van der Waals surface area contributed by atoms with Crippen molar-refractivity contribution in [3.05, 3.63) is 29.8 Å². The van der Waals surface area contributed by atoms with Gasteiger partial charge in [0.2, 0.25) is 21.8 Å². The van der Waals surface area contributed by atoms with Gasteiger partial charge >= 0.3 is 0 Å². The fraction of sp³-hybridized carbons (Fsp3) is 0.333. The normalized spacial score (nSPS) is 18.7. The molecule has 1 aromatic carbocycles. The monoisotopic (exact) mass is 297 g/mol. The summed E-state index contributed by atoms with van der Waals surface area (Å²) >= 11 is 0. The number of hydrogen-bond acceptors (Lipinski definition) is 5. The van der Waals surface area contributed by atoms with Crippen LogP contribution in [-0.4, -0.2) is 37.6 Å². The van der Waals surface area contributed by atoms with Crippen LogP contribution in [0.4, 0.5) is 0 Å². The van der Waals surface area contributed by atoms with Crippen LogP contribution in [0.3, 0.4) is 0 Å². The minimum absolute atomic E-state index is 0.0319. The Labute approximate surface area is 116 Å². The maximum atomic E-state index is 12.3. The number of hydrogen-bond donors (Lipinski definition) is 2. The van der Waals surface area contributed by atoms with Gasteiger partial charge in [-0.15, -0.1) is 0 Å². The second kappa shape index (κ2) is 5.31. The van der Waals surface area contributed by atoms with Gasteiger partial charge in [-0.2, -0.15) is 4.31 Å². The first-order valence-corrected chi connectivity index (χ1v) is 7.43. The molecule has 1 heterocycles. The van der Waals surface area contributed by atoms with Gasteiger partial charge < -0.3 is 5.73 Å². The molecule has 108 valence electrons. The summed E-state index contributed by atoms with van der Waals surface area (Å²) in [6, 6.07) is 5.87. The van der Waals surface area contributed by atoms with E-state index in [1.54, 1.807) is 19.1 Å². The number of amides is 2. The molecule has 3 N–H and O–H groups in total. The van der Waals surface area contributed by atoms with Crippen molar-refractivity contribution in [2.24, 2.45) is 5.73 Å². The molecule has 20 heavy (non-hydrogen) atoms. The highest BCUT2D eigenvalue weighted by Crippen LogP contribution is 2.19. The third-order valence-electron chi connectivity index (χ3n) is 2.96. The molecule has 0 saturated carbocycles. The van der Waals surface area contributed by atoms with Crippen molar-refractivity contribution in [3.8, 4) is 0 Å². The number of carbonyl (C=O) groups is 2. The Morgan fingerprint density at radius 2 is 1.65 bits per heavy atom. The predicted octanol–water partition coefficient (Wildman–Crippen LogP) is -0.647. The number of carbonyl (C=O) groups excluding carboxylic acids is 2. The van der Waals surface area contributed by atoms with Crippen LogP contribution in [-0.2, 0) is 19.6 Å². The first-order chi connectivity index (χ1) is 9.30. The Bertz CT molecular complexity index is 621. The molecule has 1 aliphatic heterocycles. The summed E-state index contributed by atoms with van der Waals surface area (Å²) in [6.45, 7) is 1.07. The molecular weight excluding hydrogens is 282 g/mol. The van der Waals surface area contributed by atoms with E-state index >= 15 is 0 Å². The largest absolute Gasteiger partial charge is 0.324 e. The molecule has 0 bridgehead atoms. The Balaban J connectivity index is 2.30. The van der Waals surface area contributed by atoms with Crippen LogP contribution in [0.1, 0.15) is 18.5 Å². The summed E-state index contributed by atoms with van der Waals surface area (Å²) in [5, 5.41) is 2.06. The second-order valence-electron chi connectivity index (χ2n) is 4.60. The third-order valence-corrected chi connectivity index (χ3v) is 4.77. The molecule has 7 nitrogen and oxygen atoms in total. The van der Waals surface area contributed by atoms with Crippen LogP contribution in [0.5, 0.6) is 0 Å². The highest BCUT2D eigenvalue weighted by molar-refractivity contribution is 7.89. The van der Waals surface area contributed by atoms with Crippen molar-refractivity contribution in [1.29, 1.82) is 0 Å². The van der Waals surface area contributed by atoms with Crippen LogP contribution in [0.2, 0.25) is 0 Å². The van der Waals surface area contributed by atoms with Crippen molar-refractivity contribution in [2.75, 3.05) is 13.1 Å². The standard InChI is InChI=1S/C12H15N3O4S/c1-8(13)9-2-4-10(5-3-9)20(18,19)15-6-11(16)14-12(17)7-15/h2-5,8H,6-7,13H2,1H3,(H,14,16,17). The molecule has 0 aromatic heterocycles. The van der Waals surface area contributed by atoms with Gasteiger partial charge in [0.05, 0.1) is 18.0 Å². The van der Waals surface area contributed by atoms with Gasteiger partial charge in [-0.05, 0) is 24.6 Å². The van der Waals surface area contributed by atoms with E-state index in [1.807, 2.05) is 0 Å². The summed E-state index contributed by atoms with van der Waals surface area (Å²) < 4.78 is 25.5. The lowest BCUT2D eigenvalue weighted by molar-refractivity contribution is -0.134. The van der Waals surface area contributed by atoms with E-state index in [2.05, 4.69) is 5.32 Å².